The van der Waals surface area contributed by atoms with Gasteiger partial charge in [0.05, 0.1) is 19.1 Å². The van der Waals surface area contributed by atoms with Gasteiger partial charge < -0.3 is 19.4 Å². The van der Waals surface area contributed by atoms with Crippen molar-refractivity contribution in [3.63, 3.8) is 0 Å². The summed E-state index contributed by atoms with van der Waals surface area (Å²) in [6.07, 6.45) is -5.06. The van der Waals surface area contributed by atoms with Crippen molar-refractivity contribution in [2.45, 2.75) is 44.6 Å². The van der Waals surface area contributed by atoms with Crippen molar-refractivity contribution in [1.82, 2.24) is 9.55 Å². The first kappa shape index (κ1) is 23.0. The molecule has 0 bridgehead atoms. The van der Waals surface area contributed by atoms with E-state index in [1.54, 1.807) is 18.5 Å². The van der Waals surface area contributed by atoms with Gasteiger partial charge in [-0.3, -0.25) is 4.79 Å². The van der Waals surface area contributed by atoms with Crippen molar-refractivity contribution in [1.29, 1.82) is 0 Å². The predicted molar refractivity (Wildman–Crippen MR) is 101 cm³/mol. The van der Waals surface area contributed by atoms with Crippen LogP contribution in [0.2, 0.25) is 0 Å². The molecule has 2 heterocycles. The molecule has 1 N–H and O–H groups in total. The Kier molecular flexibility index (Phi) is 5.76. The first-order valence-corrected chi connectivity index (χ1v) is 9.38. The minimum absolute atomic E-state index is 0.0974. The molecular weight excluding hydrogens is 425 g/mol. The van der Waals surface area contributed by atoms with Gasteiger partial charge in [0, 0.05) is 24.4 Å². The van der Waals surface area contributed by atoms with Crippen molar-refractivity contribution in [3.05, 3.63) is 41.4 Å². The highest BCUT2D eigenvalue weighted by molar-refractivity contribution is 5.95. The molecule has 1 aromatic heterocycles. The third kappa shape index (κ3) is 3.64. The van der Waals surface area contributed by atoms with Gasteiger partial charge in [0.2, 0.25) is 5.82 Å². The summed E-state index contributed by atoms with van der Waals surface area (Å²) in [6, 6.07) is 1.89. The van der Waals surface area contributed by atoms with Crippen molar-refractivity contribution < 1.29 is 36.2 Å². The monoisotopic (exact) mass is 447 g/mol. The summed E-state index contributed by atoms with van der Waals surface area (Å²) >= 11 is 0. The van der Waals surface area contributed by atoms with E-state index in [2.05, 4.69) is 10.3 Å². The number of aryl methyl sites for hydroxylation is 1. The van der Waals surface area contributed by atoms with E-state index >= 15 is 0 Å². The Morgan fingerprint density at radius 3 is 2.48 bits per heavy atom. The highest BCUT2D eigenvalue weighted by Gasteiger charge is 2.66. The molecule has 0 unspecified atom stereocenters. The summed E-state index contributed by atoms with van der Waals surface area (Å²) in [5.74, 6) is -6.49. The Bertz CT molecular complexity index is 1010. The molecular formula is C20H22F5N3O3. The lowest BCUT2D eigenvalue weighted by Gasteiger charge is -2.32. The number of halogens is 5. The van der Waals surface area contributed by atoms with Gasteiger partial charge in [0.25, 0.3) is 5.91 Å². The number of rotatable bonds is 4. The third-order valence-electron chi connectivity index (χ3n) is 6.04. The molecule has 1 amide bonds. The van der Waals surface area contributed by atoms with E-state index in [9.17, 15) is 26.7 Å². The molecule has 0 saturated carbocycles. The minimum atomic E-state index is -4.83. The lowest BCUT2D eigenvalue weighted by Crippen LogP contribution is -2.47. The fraction of sp³-hybridized carbons (Fsp3) is 0.500. The number of carbonyl (C=O) groups is 1. The Morgan fingerprint density at radius 1 is 1.32 bits per heavy atom. The number of benzene rings is 1. The average molecular weight is 447 g/mol. The fourth-order valence-corrected chi connectivity index (χ4v) is 3.84. The zero-order valence-electron chi connectivity index (χ0n) is 17.5. The van der Waals surface area contributed by atoms with Crippen LogP contribution in [0.25, 0.3) is 0 Å². The van der Waals surface area contributed by atoms with Crippen LogP contribution in [0.4, 0.5) is 27.8 Å². The fourth-order valence-electron chi connectivity index (χ4n) is 3.84. The number of ether oxygens (including phenoxy) is 2. The van der Waals surface area contributed by atoms with Crippen molar-refractivity contribution in [2.24, 2.45) is 13.0 Å². The Hall–Kier alpha value is -2.69. The zero-order chi connectivity index (χ0) is 23.3. The number of nitrogens with one attached hydrogen (secondary N) is 1. The minimum Gasteiger partial charge on any atom is -0.493 e. The van der Waals surface area contributed by atoms with E-state index in [1.807, 2.05) is 0 Å². The van der Waals surface area contributed by atoms with Gasteiger partial charge in [0.1, 0.15) is 6.10 Å². The van der Waals surface area contributed by atoms with E-state index in [4.69, 9.17) is 9.47 Å². The Morgan fingerprint density at radius 2 is 1.97 bits per heavy atom. The first-order valence-electron chi connectivity index (χ1n) is 9.38. The standard InChI is InChI=1S/C20H22F5N3O3/c1-9-13(11-6-7-12(21)14(22)15(11)30-5)16(31-19(9,3)20(23,24)25)18(29)27-17-10(2)28(4)8-26-17/h6-9,13,16H,1-5H3,(H,27,29)/t9-,13-,16+,19+/m0/s1. The predicted octanol–water partition coefficient (Wildman–Crippen LogP) is 4.09. The van der Waals surface area contributed by atoms with E-state index in [1.165, 1.54) is 13.3 Å². The van der Waals surface area contributed by atoms with Gasteiger partial charge in [-0.05, 0) is 19.9 Å². The van der Waals surface area contributed by atoms with Crippen LogP contribution >= 0.6 is 0 Å². The Labute approximate surface area is 175 Å². The molecule has 0 spiro atoms. The molecule has 4 atom stereocenters. The molecule has 1 aliphatic heterocycles. The molecule has 3 rings (SSSR count). The normalized spacial score (nSPS) is 26.2. The number of alkyl halides is 3. The molecule has 31 heavy (non-hydrogen) atoms. The van der Waals surface area contributed by atoms with Gasteiger partial charge in [-0.2, -0.15) is 17.6 Å². The number of methoxy groups -OCH3 is 1. The largest absolute Gasteiger partial charge is 0.493 e. The van der Waals surface area contributed by atoms with Crippen LogP contribution < -0.4 is 10.1 Å². The SMILES string of the molecule is COc1c([C@H]2[C@H](C(=O)Nc3ncn(C)c3C)O[C@@](C)(C(F)(F)F)[C@H]2C)ccc(F)c1F. The number of hydrogen-bond acceptors (Lipinski definition) is 4. The number of carbonyl (C=O) groups excluding carboxylic acids is 1. The smallest absolute Gasteiger partial charge is 0.417 e. The van der Waals surface area contributed by atoms with Crippen LogP contribution in [0, 0.1) is 24.5 Å². The molecule has 1 saturated heterocycles. The topological polar surface area (TPSA) is 65.4 Å². The molecule has 1 fully saturated rings. The lowest BCUT2D eigenvalue weighted by molar-refractivity contribution is -0.272. The zero-order valence-corrected chi connectivity index (χ0v) is 17.5. The second-order valence-corrected chi connectivity index (χ2v) is 7.72. The molecule has 0 aliphatic carbocycles. The number of imidazole rings is 1. The number of anilines is 1. The van der Waals surface area contributed by atoms with Crippen LogP contribution in [0.3, 0.4) is 0 Å². The Balaban J connectivity index is 2.10. The number of nitrogens with zero attached hydrogens (tertiary/aromatic N) is 2. The van der Waals surface area contributed by atoms with Gasteiger partial charge in [-0.1, -0.05) is 13.0 Å². The molecule has 1 aromatic carbocycles. The van der Waals surface area contributed by atoms with Gasteiger partial charge in [0.15, 0.2) is 23.0 Å². The van der Waals surface area contributed by atoms with Gasteiger partial charge in [-0.15, -0.1) is 0 Å². The second-order valence-electron chi connectivity index (χ2n) is 7.72. The van der Waals surface area contributed by atoms with Crippen molar-refractivity contribution >= 4 is 11.7 Å². The summed E-state index contributed by atoms with van der Waals surface area (Å²) in [4.78, 5) is 17.0. The maximum Gasteiger partial charge on any atom is 0.417 e. The van der Waals surface area contributed by atoms with Crippen LogP contribution in [-0.4, -0.2) is 40.4 Å². The molecule has 170 valence electrons. The average Bonchev–Trinajstić information content (AvgIpc) is 3.15. The van der Waals surface area contributed by atoms with Gasteiger partial charge in [-0.25, -0.2) is 9.37 Å². The number of aromatic nitrogens is 2. The maximum atomic E-state index is 14.3. The summed E-state index contributed by atoms with van der Waals surface area (Å²) < 4.78 is 81.6. The van der Waals surface area contributed by atoms with Crippen LogP contribution in [0.15, 0.2) is 18.5 Å². The lowest BCUT2D eigenvalue weighted by atomic mass is 9.77. The number of amides is 1. The highest BCUT2D eigenvalue weighted by atomic mass is 19.4. The molecule has 0 radical (unpaired) electrons. The number of hydrogen-bond donors (Lipinski definition) is 1. The van der Waals surface area contributed by atoms with Crippen molar-refractivity contribution in [2.75, 3.05) is 12.4 Å². The van der Waals surface area contributed by atoms with Crippen LogP contribution in [0.5, 0.6) is 5.75 Å². The highest BCUT2D eigenvalue weighted by Crippen LogP contribution is 2.55. The summed E-state index contributed by atoms with van der Waals surface area (Å²) in [5, 5.41) is 2.47. The van der Waals surface area contributed by atoms with E-state index < -0.39 is 53.0 Å². The van der Waals surface area contributed by atoms with E-state index in [0.29, 0.717) is 5.69 Å². The van der Waals surface area contributed by atoms with E-state index in [0.717, 1.165) is 26.2 Å². The first-order chi connectivity index (χ1) is 14.3. The quantitative estimate of drug-likeness (QED) is 0.717. The van der Waals surface area contributed by atoms with Crippen LogP contribution in [0.1, 0.15) is 31.0 Å². The van der Waals surface area contributed by atoms with E-state index in [-0.39, 0.29) is 11.4 Å². The maximum absolute atomic E-state index is 14.3. The van der Waals surface area contributed by atoms with Crippen molar-refractivity contribution in [3.8, 4) is 5.75 Å². The summed E-state index contributed by atoms with van der Waals surface area (Å²) in [7, 11) is 2.75. The second kappa shape index (κ2) is 7.77. The van der Waals surface area contributed by atoms with Gasteiger partial charge >= 0.3 is 6.18 Å². The molecule has 2 aromatic rings. The van der Waals surface area contributed by atoms with Crippen LogP contribution in [-0.2, 0) is 16.6 Å². The summed E-state index contributed by atoms with van der Waals surface area (Å²) in [5.41, 5.74) is -2.24. The summed E-state index contributed by atoms with van der Waals surface area (Å²) in [6.45, 7) is 3.74. The molecule has 11 heteroatoms. The third-order valence-corrected chi connectivity index (χ3v) is 6.04. The molecule has 6 nitrogen and oxygen atoms in total. The molecule has 1 aliphatic rings.